The third-order valence-corrected chi connectivity index (χ3v) is 9.22. The van der Waals surface area contributed by atoms with Crippen LogP contribution in [0.1, 0.15) is 38.3 Å². The van der Waals surface area contributed by atoms with Gasteiger partial charge in [-0.2, -0.15) is 0 Å². The smallest absolute Gasteiger partial charge is 0.264 e. The molecule has 0 bridgehead atoms. The summed E-state index contributed by atoms with van der Waals surface area (Å²) in [5, 5.41) is 3.85. The van der Waals surface area contributed by atoms with E-state index in [1.807, 2.05) is 13.8 Å². The van der Waals surface area contributed by atoms with E-state index in [1.165, 1.54) is 17.0 Å². The number of sulfonamides is 1. The zero-order valence-electron chi connectivity index (χ0n) is 22.7. The van der Waals surface area contributed by atoms with Crippen molar-refractivity contribution in [2.45, 2.75) is 57.6 Å². The molecule has 11 heteroatoms. The fourth-order valence-corrected chi connectivity index (χ4v) is 6.43. The lowest BCUT2D eigenvalue weighted by molar-refractivity contribution is -0.140. The van der Waals surface area contributed by atoms with Crippen LogP contribution in [-0.4, -0.2) is 43.8 Å². The van der Waals surface area contributed by atoms with Crippen molar-refractivity contribution in [3.63, 3.8) is 0 Å². The molecule has 0 aliphatic rings. The minimum Gasteiger partial charge on any atom is -0.352 e. The van der Waals surface area contributed by atoms with E-state index in [4.69, 9.17) is 34.8 Å². The number of carbonyl (C=O) groups is 2. The molecule has 0 radical (unpaired) electrons. The van der Waals surface area contributed by atoms with Gasteiger partial charge >= 0.3 is 0 Å². The monoisotopic (exact) mass is 623 g/mol. The summed E-state index contributed by atoms with van der Waals surface area (Å²) in [7, 11) is -4.21. The van der Waals surface area contributed by atoms with E-state index in [-0.39, 0.29) is 35.5 Å². The average Bonchev–Trinajstić information content (AvgIpc) is 2.90. The molecular weight excluding hydrogens is 593 g/mol. The number of hydrogen-bond acceptors (Lipinski definition) is 4. The quantitative estimate of drug-likeness (QED) is 0.265. The number of benzene rings is 3. The highest BCUT2D eigenvalue weighted by molar-refractivity contribution is 7.92. The summed E-state index contributed by atoms with van der Waals surface area (Å²) in [4.78, 5) is 28.7. The second-order valence-electron chi connectivity index (χ2n) is 9.52. The molecule has 0 unspecified atom stereocenters. The van der Waals surface area contributed by atoms with Crippen molar-refractivity contribution < 1.29 is 18.0 Å². The Morgan fingerprint density at radius 2 is 1.45 bits per heavy atom. The Morgan fingerprint density at radius 3 is 2.02 bits per heavy atom. The van der Waals surface area contributed by atoms with Gasteiger partial charge in [-0.25, -0.2) is 8.42 Å². The van der Waals surface area contributed by atoms with E-state index >= 15 is 0 Å². The summed E-state index contributed by atoms with van der Waals surface area (Å²) >= 11 is 19.2. The lowest BCUT2D eigenvalue weighted by Gasteiger charge is -2.34. The van der Waals surface area contributed by atoms with Crippen molar-refractivity contribution in [1.29, 1.82) is 0 Å². The van der Waals surface area contributed by atoms with Crippen LogP contribution in [0.15, 0.2) is 71.6 Å². The Kier molecular flexibility index (Phi) is 10.9. The second kappa shape index (κ2) is 13.7. The predicted octanol–water partition coefficient (Wildman–Crippen LogP) is 6.48. The zero-order chi connectivity index (χ0) is 29.6. The highest BCUT2D eigenvalue weighted by atomic mass is 35.5. The van der Waals surface area contributed by atoms with Crippen LogP contribution < -0.4 is 9.62 Å². The molecule has 0 heterocycles. The van der Waals surface area contributed by atoms with E-state index < -0.39 is 28.5 Å². The lowest BCUT2D eigenvalue weighted by atomic mass is 10.1. The van der Waals surface area contributed by atoms with Crippen molar-refractivity contribution in [2.24, 2.45) is 0 Å². The van der Waals surface area contributed by atoms with E-state index in [0.717, 1.165) is 4.31 Å². The first-order valence-corrected chi connectivity index (χ1v) is 15.3. The number of rotatable bonds is 11. The van der Waals surface area contributed by atoms with Crippen LogP contribution in [0.5, 0.6) is 0 Å². The normalized spacial score (nSPS) is 12.2. The number of halogens is 3. The molecule has 40 heavy (non-hydrogen) atoms. The number of hydrogen-bond donors (Lipinski definition) is 1. The van der Waals surface area contributed by atoms with Gasteiger partial charge in [-0.1, -0.05) is 72.1 Å². The SMILES string of the molecule is CC[C@@H](C(=O)NC(C)C)N(Cc1c(Cl)cccc1Cl)C(=O)CN(c1cccc(Cl)c1C)S(=O)(=O)c1ccccc1. The first-order chi connectivity index (χ1) is 18.9. The molecule has 3 aromatic carbocycles. The first-order valence-electron chi connectivity index (χ1n) is 12.7. The number of nitrogens with zero attached hydrogens (tertiary/aromatic N) is 2. The Hall–Kier alpha value is -2.78. The standard InChI is InChI=1S/C29H32Cl3N3O4S/c1-5-26(29(37)33-19(2)3)34(17-22-24(31)14-9-15-25(22)32)28(36)18-35(27-16-10-13-23(30)20(27)4)40(38,39)21-11-7-6-8-12-21/h6-16,19,26H,5,17-18H2,1-4H3,(H,33,37)/t26-/m0/s1. The van der Waals surface area contributed by atoms with Crippen LogP contribution in [0.3, 0.4) is 0 Å². The Balaban J connectivity index is 2.14. The summed E-state index contributed by atoms with van der Waals surface area (Å²) in [6.45, 7) is 6.40. The molecule has 0 aliphatic heterocycles. The van der Waals surface area contributed by atoms with Crippen LogP contribution in [0.2, 0.25) is 15.1 Å². The maximum Gasteiger partial charge on any atom is 0.264 e. The number of nitrogens with one attached hydrogen (secondary N) is 1. The van der Waals surface area contributed by atoms with Crippen LogP contribution in [0.4, 0.5) is 5.69 Å². The van der Waals surface area contributed by atoms with Gasteiger partial charge in [0.1, 0.15) is 12.6 Å². The number of anilines is 1. The lowest BCUT2D eigenvalue weighted by Crippen LogP contribution is -2.53. The molecule has 1 N–H and O–H groups in total. The third-order valence-electron chi connectivity index (χ3n) is 6.32. The molecule has 0 fully saturated rings. The van der Waals surface area contributed by atoms with Gasteiger partial charge in [-0.3, -0.25) is 13.9 Å². The fourth-order valence-electron chi connectivity index (χ4n) is 4.25. The van der Waals surface area contributed by atoms with Crippen LogP contribution >= 0.6 is 34.8 Å². The van der Waals surface area contributed by atoms with Crippen LogP contribution in [0.25, 0.3) is 0 Å². The largest absolute Gasteiger partial charge is 0.352 e. The Labute approximate surface area is 251 Å². The number of amides is 2. The molecule has 0 saturated heterocycles. The van der Waals surface area contributed by atoms with Gasteiger partial charge in [0, 0.05) is 33.2 Å². The molecule has 214 valence electrons. The third kappa shape index (κ3) is 7.29. The van der Waals surface area contributed by atoms with E-state index in [2.05, 4.69) is 5.32 Å². The summed E-state index contributed by atoms with van der Waals surface area (Å²) in [5.41, 5.74) is 1.19. The second-order valence-corrected chi connectivity index (χ2v) is 12.6. The molecule has 1 atom stereocenters. The summed E-state index contributed by atoms with van der Waals surface area (Å²) < 4.78 is 28.9. The topological polar surface area (TPSA) is 86.8 Å². The average molecular weight is 625 g/mol. The van der Waals surface area contributed by atoms with E-state index in [9.17, 15) is 18.0 Å². The summed E-state index contributed by atoms with van der Waals surface area (Å²) in [6, 6.07) is 16.6. The maximum atomic E-state index is 14.1. The van der Waals surface area contributed by atoms with Gasteiger partial charge in [0.05, 0.1) is 10.6 Å². The highest BCUT2D eigenvalue weighted by Crippen LogP contribution is 2.32. The van der Waals surface area contributed by atoms with Gasteiger partial charge in [0.2, 0.25) is 11.8 Å². The van der Waals surface area contributed by atoms with Crippen molar-refractivity contribution in [2.75, 3.05) is 10.8 Å². The Morgan fingerprint density at radius 1 is 0.875 bits per heavy atom. The van der Waals surface area contributed by atoms with Gasteiger partial charge in [0.25, 0.3) is 10.0 Å². The molecule has 0 aromatic heterocycles. The molecule has 3 aromatic rings. The molecule has 3 rings (SSSR count). The fraction of sp³-hybridized carbons (Fsp3) is 0.310. The predicted molar refractivity (Wildman–Crippen MR) is 162 cm³/mol. The van der Waals surface area contributed by atoms with E-state index in [1.54, 1.807) is 68.4 Å². The van der Waals surface area contributed by atoms with Crippen molar-refractivity contribution >= 4 is 62.3 Å². The molecule has 0 spiro atoms. The van der Waals surface area contributed by atoms with Crippen molar-refractivity contribution in [3.05, 3.63) is 92.9 Å². The molecule has 0 aliphatic carbocycles. The molecule has 7 nitrogen and oxygen atoms in total. The maximum absolute atomic E-state index is 14.1. The van der Waals surface area contributed by atoms with Crippen molar-refractivity contribution in [1.82, 2.24) is 10.2 Å². The van der Waals surface area contributed by atoms with Gasteiger partial charge in [0.15, 0.2) is 0 Å². The van der Waals surface area contributed by atoms with Crippen molar-refractivity contribution in [3.8, 4) is 0 Å². The number of carbonyl (C=O) groups excluding carboxylic acids is 2. The Bertz CT molecular complexity index is 1450. The first kappa shape index (κ1) is 31.7. The summed E-state index contributed by atoms with van der Waals surface area (Å²) in [6.07, 6.45) is 0.272. The van der Waals surface area contributed by atoms with Gasteiger partial charge in [-0.15, -0.1) is 0 Å². The van der Waals surface area contributed by atoms with Crippen LogP contribution in [0, 0.1) is 6.92 Å². The van der Waals surface area contributed by atoms with Crippen LogP contribution in [-0.2, 0) is 26.2 Å². The molecule has 2 amide bonds. The minimum atomic E-state index is -4.21. The summed E-state index contributed by atoms with van der Waals surface area (Å²) in [5.74, 6) is -0.981. The highest BCUT2D eigenvalue weighted by Gasteiger charge is 2.35. The van der Waals surface area contributed by atoms with E-state index in [0.29, 0.717) is 26.2 Å². The van der Waals surface area contributed by atoms with Gasteiger partial charge in [-0.05, 0) is 69.2 Å². The van der Waals surface area contributed by atoms with Gasteiger partial charge < -0.3 is 10.2 Å². The minimum absolute atomic E-state index is 0.00691. The molecule has 0 saturated carbocycles. The molecular formula is C29H32Cl3N3O4S. The zero-order valence-corrected chi connectivity index (χ0v) is 25.8.